The third-order valence-corrected chi connectivity index (χ3v) is 7.22. The number of carbonyl (C=O) groups is 1. The van der Waals surface area contributed by atoms with Gasteiger partial charge in [-0.15, -0.1) is 0 Å². The van der Waals surface area contributed by atoms with E-state index in [9.17, 15) is 14.4 Å². The number of hydrogen-bond acceptors (Lipinski definition) is 8. The summed E-state index contributed by atoms with van der Waals surface area (Å²) in [7, 11) is 1.58. The van der Waals surface area contributed by atoms with Crippen molar-refractivity contribution < 1.29 is 33.3 Å². The first kappa shape index (κ1) is 27.8. The molecule has 0 fully saturated rings. The first-order chi connectivity index (χ1) is 20.9. The van der Waals surface area contributed by atoms with E-state index in [0.29, 0.717) is 57.6 Å². The van der Waals surface area contributed by atoms with Crippen molar-refractivity contribution in [1.29, 1.82) is 0 Å². The minimum atomic E-state index is -0.520. The highest BCUT2D eigenvalue weighted by atomic mass is 19.1. The molecule has 0 spiro atoms. The van der Waals surface area contributed by atoms with Crippen LogP contribution in [-0.2, 0) is 29.3 Å². The van der Waals surface area contributed by atoms with Gasteiger partial charge >= 0.3 is 0 Å². The number of amides is 1. The van der Waals surface area contributed by atoms with Gasteiger partial charge in [0.15, 0.2) is 24.0 Å². The SMILES string of the molecule is C=C(Nc1ccc2c(c1)N(Cc1cc(F)cc3c1OCOC3)C(=O)/C2=N\O)c1ccc(OC)c(OCc2ccccc2)c1. The van der Waals surface area contributed by atoms with Gasteiger partial charge in [-0.3, -0.25) is 4.79 Å². The number of nitrogens with one attached hydrogen (secondary N) is 1. The maximum absolute atomic E-state index is 14.4. The van der Waals surface area contributed by atoms with Gasteiger partial charge in [0, 0.05) is 33.6 Å². The molecule has 1 amide bonds. The molecule has 218 valence electrons. The molecule has 10 heteroatoms. The topological polar surface area (TPSA) is 102 Å². The molecule has 0 atom stereocenters. The van der Waals surface area contributed by atoms with Crippen molar-refractivity contribution >= 4 is 28.7 Å². The second-order valence-electron chi connectivity index (χ2n) is 9.98. The lowest BCUT2D eigenvalue weighted by Crippen LogP contribution is -2.30. The maximum Gasteiger partial charge on any atom is 0.281 e. The standard InChI is InChI=1S/C33H28FN3O6/c1-20(22-8-11-29(40-2)30(14-22)42-17-21-6-4-3-5-7-21)35-26-9-10-27-28(15-26)37(33(38)31(27)36-39)16-23-12-25(34)13-24-18-41-19-43-32(23)24/h3-15,35,39H,1,16-19H2,2H3/b36-31-. The Labute approximate surface area is 247 Å². The number of ether oxygens (including phenoxy) is 4. The Hall–Kier alpha value is -5.35. The number of hydrogen-bond donors (Lipinski definition) is 2. The van der Waals surface area contributed by atoms with Gasteiger partial charge in [0.25, 0.3) is 5.91 Å². The van der Waals surface area contributed by atoms with E-state index in [1.54, 1.807) is 25.3 Å². The van der Waals surface area contributed by atoms with Crippen LogP contribution in [0.4, 0.5) is 15.8 Å². The molecule has 2 N–H and O–H groups in total. The molecule has 0 saturated carbocycles. The lowest BCUT2D eigenvalue weighted by atomic mass is 10.1. The van der Waals surface area contributed by atoms with Crippen LogP contribution < -0.4 is 24.4 Å². The van der Waals surface area contributed by atoms with Gasteiger partial charge in [-0.25, -0.2) is 4.39 Å². The minimum Gasteiger partial charge on any atom is -0.493 e. The van der Waals surface area contributed by atoms with Crippen molar-refractivity contribution in [2.45, 2.75) is 19.8 Å². The Morgan fingerprint density at radius 3 is 2.72 bits per heavy atom. The van der Waals surface area contributed by atoms with Crippen molar-refractivity contribution in [2.24, 2.45) is 5.16 Å². The summed E-state index contributed by atoms with van der Waals surface area (Å²) in [5, 5.41) is 16.2. The summed E-state index contributed by atoms with van der Waals surface area (Å²) in [5.41, 5.74) is 4.85. The van der Waals surface area contributed by atoms with Gasteiger partial charge in [-0.2, -0.15) is 0 Å². The molecule has 0 unspecified atom stereocenters. The molecule has 2 heterocycles. The Morgan fingerprint density at radius 2 is 1.93 bits per heavy atom. The van der Waals surface area contributed by atoms with Gasteiger partial charge in [0.1, 0.15) is 18.2 Å². The number of fused-ring (bicyclic) bond motifs is 2. The monoisotopic (exact) mass is 581 g/mol. The highest BCUT2D eigenvalue weighted by Crippen LogP contribution is 2.38. The zero-order chi connectivity index (χ0) is 29.9. The van der Waals surface area contributed by atoms with E-state index in [0.717, 1.165) is 11.1 Å². The Balaban J connectivity index is 1.25. The first-order valence-electron chi connectivity index (χ1n) is 13.5. The molecule has 6 rings (SSSR count). The van der Waals surface area contributed by atoms with E-state index >= 15 is 0 Å². The lowest BCUT2D eigenvalue weighted by Gasteiger charge is -2.24. The summed E-state index contributed by atoms with van der Waals surface area (Å²) in [6.07, 6.45) is 0. The molecular weight excluding hydrogens is 553 g/mol. The third kappa shape index (κ3) is 5.60. The normalized spacial score (nSPS) is 14.6. The molecule has 9 nitrogen and oxygen atoms in total. The molecule has 0 aliphatic carbocycles. The smallest absolute Gasteiger partial charge is 0.281 e. The van der Waals surface area contributed by atoms with Crippen molar-refractivity contribution in [2.75, 3.05) is 24.1 Å². The number of nitrogens with zero attached hydrogens (tertiary/aromatic N) is 2. The summed E-state index contributed by atoms with van der Waals surface area (Å²) in [5.74, 6) is 0.638. The maximum atomic E-state index is 14.4. The molecule has 2 aliphatic heterocycles. The van der Waals surface area contributed by atoms with Crippen LogP contribution in [0.1, 0.15) is 27.8 Å². The second-order valence-corrected chi connectivity index (χ2v) is 9.98. The van der Waals surface area contributed by atoms with E-state index in [1.807, 2.05) is 48.5 Å². The van der Waals surface area contributed by atoms with E-state index in [2.05, 4.69) is 17.1 Å². The van der Waals surface area contributed by atoms with E-state index in [-0.39, 0.29) is 25.7 Å². The number of halogens is 1. The van der Waals surface area contributed by atoms with Crippen molar-refractivity contribution in [3.8, 4) is 17.2 Å². The summed E-state index contributed by atoms with van der Waals surface area (Å²) in [4.78, 5) is 14.7. The van der Waals surface area contributed by atoms with Crippen LogP contribution in [0.15, 0.2) is 90.6 Å². The van der Waals surface area contributed by atoms with Crippen LogP contribution in [-0.4, -0.2) is 30.7 Å². The molecule has 0 aromatic heterocycles. The van der Waals surface area contributed by atoms with Crippen molar-refractivity contribution in [3.63, 3.8) is 0 Å². The first-order valence-corrected chi connectivity index (χ1v) is 13.5. The highest BCUT2D eigenvalue weighted by Gasteiger charge is 2.36. The fourth-order valence-corrected chi connectivity index (χ4v) is 5.14. The predicted molar refractivity (Wildman–Crippen MR) is 159 cm³/mol. The number of anilines is 2. The summed E-state index contributed by atoms with van der Waals surface area (Å²) >= 11 is 0. The molecule has 0 radical (unpaired) electrons. The quantitative estimate of drug-likeness (QED) is 0.182. The van der Waals surface area contributed by atoms with E-state index in [1.165, 1.54) is 17.0 Å². The number of oxime groups is 1. The largest absolute Gasteiger partial charge is 0.493 e. The molecule has 43 heavy (non-hydrogen) atoms. The van der Waals surface area contributed by atoms with Crippen LogP contribution >= 0.6 is 0 Å². The number of carbonyl (C=O) groups excluding carboxylic acids is 1. The highest BCUT2D eigenvalue weighted by molar-refractivity contribution is 6.54. The Morgan fingerprint density at radius 1 is 1.09 bits per heavy atom. The van der Waals surface area contributed by atoms with E-state index < -0.39 is 11.7 Å². The summed E-state index contributed by atoms with van der Waals surface area (Å²) in [6, 6.07) is 23.2. The second kappa shape index (κ2) is 11.9. The fourth-order valence-electron chi connectivity index (χ4n) is 5.14. The molecule has 2 aliphatic rings. The molecule has 4 aromatic carbocycles. The molecule has 4 aromatic rings. The number of rotatable bonds is 9. The van der Waals surface area contributed by atoms with Crippen LogP contribution in [0.3, 0.4) is 0 Å². The third-order valence-electron chi connectivity index (χ3n) is 7.22. The van der Waals surface area contributed by atoms with Gasteiger partial charge in [-0.05, 0) is 54.1 Å². The molecule has 0 saturated heterocycles. The average Bonchev–Trinajstić information content (AvgIpc) is 3.29. The average molecular weight is 582 g/mol. The molecule has 0 bridgehead atoms. The van der Waals surface area contributed by atoms with Gasteiger partial charge in [-0.1, -0.05) is 42.1 Å². The van der Waals surface area contributed by atoms with Crippen molar-refractivity contribution in [3.05, 3.63) is 119 Å². The predicted octanol–water partition coefficient (Wildman–Crippen LogP) is 6.09. The summed E-state index contributed by atoms with van der Waals surface area (Å²) < 4.78 is 36.9. The van der Waals surface area contributed by atoms with Gasteiger partial charge in [0.05, 0.1) is 25.9 Å². The zero-order valence-electron chi connectivity index (χ0n) is 23.3. The Bertz CT molecular complexity index is 1740. The van der Waals surface area contributed by atoms with Crippen LogP contribution in [0.2, 0.25) is 0 Å². The number of methoxy groups -OCH3 is 1. The Kier molecular flexibility index (Phi) is 7.67. The van der Waals surface area contributed by atoms with E-state index in [4.69, 9.17) is 18.9 Å². The van der Waals surface area contributed by atoms with Crippen molar-refractivity contribution in [1.82, 2.24) is 0 Å². The molecular formula is C33H28FN3O6. The lowest BCUT2D eigenvalue weighted by molar-refractivity contribution is -0.112. The fraction of sp³-hybridized carbons (Fsp3) is 0.152. The summed E-state index contributed by atoms with van der Waals surface area (Å²) in [6.45, 7) is 4.80. The number of benzene rings is 4. The van der Waals surface area contributed by atoms with Crippen LogP contribution in [0, 0.1) is 5.82 Å². The van der Waals surface area contributed by atoms with Gasteiger partial charge < -0.3 is 34.4 Å². The van der Waals surface area contributed by atoms with Crippen LogP contribution in [0.25, 0.3) is 5.70 Å². The minimum absolute atomic E-state index is 0.00403. The zero-order valence-corrected chi connectivity index (χ0v) is 23.3. The van der Waals surface area contributed by atoms with Crippen LogP contribution in [0.5, 0.6) is 17.2 Å². The van der Waals surface area contributed by atoms with Gasteiger partial charge in [0.2, 0.25) is 0 Å².